The van der Waals surface area contributed by atoms with Crippen LogP contribution < -0.4 is 24.8 Å². The van der Waals surface area contributed by atoms with Gasteiger partial charge in [0.25, 0.3) is 0 Å². The zero-order valence-electron chi connectivity index (χ0n) is 3.06. The second kappa shape index (κ2) is 277. The molecule has 0 saturated heterocycles. The fourth-order valence-corrected chi connectivity index (χ4v) is 0. The van der Waals surface area contributed by atoms with Crippen molar-refractivity contribution in [2.24, 2.45) is 0 Å². The van der Waals surface area contributed by atoms with Gasteiger partial charge < -0.3 is 46.7 Å². The van der Waals surface area contributed by atoms with Gasteiger partial charge in [0.05, 0.1) is 0 Å². The van der Waals surface area contributed by atoms with E-state index >= 15 is 0 Å². The molecule has 0 aromatic heterocycles. The normalized spacial score (nSPS) is 0. The molecule has 0 fully saturated rings. The fourth-order valence-electron chi connectivity index (χ4n) is 0. The van der Waals surface area contributed by atoms with Crippen molar-refractivity contribution < 1.29 is 63.8 Å². The van der Waals surface area contributed by atoms with Crippen molar-refractivity contribution in [3.05, 3.63) is 0 Å². The molecule has 0 aromatic rings. The fraction of sp³-hybridized carbons (Fsp3) is 0. The second-order valence-corrected chi connectivity index (χ2v) is 0. The first-order valence-corrected chi connectivity index (χ1v) is 0. The summed E-state index contributed by atoms with van der Waals surface area (Å²) in [5.74, 6) is 0. The predicted molar refractivity (Wildman–Crippen MR) is 14.5 cm³/mol. The van der Waals surface area contributed by atoms with Gasteiger partial charge in [0, 0.05) is 0 Å². The number of hydrogen-bond donors (Lipinski definition) is 0. The summed E-state index contributed by atoms with van der Waals surface area (Å²) in [7, 11) is 0. The molecule has 0 unspecified atom stereocenters. The molecular weight excluding hydrogens is 198 g/mol. The quantitative estimate of drug-likeness (QED) is 0.349. The summed E-state index contributed by atoms with van der Waals surface area (Å²) in [6, 6.07) is 0. The second-order valence-electron chi connectivity index (χ2n) is 0. The van der Waals surface area contributed by atoms with Crippen LogP contribution in [0.15, 0.2) is 0 Å². The molecule has 0 atom stereocenters. The monoisotopic (exact) mass is 205 g/mol. The van der Waals surface area contributed by atoms with Gasteiger partial charge in [-0.05, 0) is 0 Å². The van der Waals surface area contributed by atoms with Crippen LogP contribution in [0, 0.1) is 0 Å². The largest absolute Gasteiger partial charge is 2.00 e. The standard InChI is InChI=1S/2ClH.Cu.4H2O/h2*1H;;4*1H2/q;;+2;;;;/p-2. The third-order valence-corrected chi connectivity index (χ3v) is 0. The number of halogens is 2. The SMILES string of the molecule is O.O.O.O.[Cl-].[Cl-].[Cu+2]. The minimum absolute atomic E-state index is 0. The van der Waals surface area contributed by atoms with Crippen LogP contribution >= 0.6 is 0 Å². The van der Waals surface area contributed by atoms with Gasteiger partial charge in [-0.25, -0.2) is 0 Å². The van der Waals surface area contributed by atoms with Crippen molar-refractivity contribution >= 4 is 0 Å². The van der Waals surface area contributed by atoms with Crippen LogP contribution in [0.25, 0.3) is 0 Å². The maximum Gasteiger partial charge on any atom is 2.00 e. The molecule has 0 aliphatic heterocycles. The first kappa shape index (κ1) is 433. The van der Waals surface area contributed by atoms with Crippen LogP contribution in [0.1, 0.15) is 0 Å². The van der Waals surface area contributed by atoms with Crippen LogP contribution in [-0.2, 0) is 17.1 Å². The van der Waals surface area contributed by atoms with Crippen LogP contribution in [-0.4, -0.2) is 21.9 Å². The Bertz CT molecular complexity index is 9.65. The predicted octanol–water partition coefficient (Wildman–Crippen LogP) is -9.29. The van der Waals surface area contributed by atoms with E-state index in [0.717, 1.165) is 0 Å². The van der Waals surface area contributed by atoms with Crippen molar-refractivity contribution in [2.45, 2.75) is 0 Å². The van der Waals surface area contributed by atoms with Gasteiger partial charge in [-0.3, -0.25) is 0 Å². The molecule has 0 rings (SSSR count). The Morgan fingerprint density at radius 1 is 0.429 bits per heavy atom. The summed E-state index contributed by atoms with van der Waals surface area (Å²) in [5, 5.41) is 0. The van der Waals surface area contributed by atoms with Crippen molar-refractivity contribution in [2.75, 3.05) is 0 Å². The van der Waals surface area contributed by atoms with E-state index in [2.05, 4.69) is 0 Å². The Morgan fingerprint density at radius 3 is 0.429 bits per heavy atom. The van der Waals surface area contributed by atoms with Crippen molar-refractivity contribution in [1.29, 1.82) is 0 Å². The van der Waals surface area contributed by atoms with Gasteiger partial charge in [-0.15, -0.1) is 0 Å². The van der Waals surface area contributed by atoms with Gasteiger partial charge in [0.15, 0.2) is 0 Å². The molecule has 7 heteroatoms. The summed E-state index contributed by atoms with van der Waals surface area (Å²) in [6.45, 7) is 0. The van der Waals surface area contributed by atoms with Gasteiger partial charge in [0.1, 0.15) is 0 Å². The summed E-state index contributed by atoms with van der Waals surface area (Å²) >= 11 is 0. The minimum atomic E-state index is 0. The molecule has 0 bridgehead atoms. The maximum atomic E-state index is 0. The van der Waals surface area contributed by atoms with Gasteiger partial charge in [-0.1, -0.05) is 0 Å². The Kier molecular flexibility index (Phi) is 17200. The molecule has 0 spiro atoms. The van der Waals surface area contributed by atoms with Gasteiger partial charge in [-0.2, -0.15) is 0 Å². The maximum absolute atomic E-state index is 0. The minimum Gasteiger partial charge on any atom is -1.00 e. The van der Waals surface area contributed by atoms with Crippen LogP contribution in [0.5, 0.6) is 0 Å². The molecule has 1 radical (unpaired) electrons. The van der Waals surface area contributed by atoms with Gasteiger partial charge >= 0.3 is 17.1 Å². The third kappa shape index (κ3) is 192. The Labute approximate surface area is 64.2 Å². The number of hydrogen-bond acceptors (Lipinski definition) is 0. The summed E-state index contributed by atoms with van der Waals surface area (Å²) in [5.41, 5.74) is 0. The summed E-state index contributed by atoms with van der Waals surface area (Å²) < 4.78 is 0. The van der Waals surface area contributed by atoms with Crippen molar-refractivity contribution in [3.63, 3.8) is 0 Å². The molecule has 0 heterocycles. The Hall–Kier alpha value is 0.939. The van der Waals surface area contributed by atoms with E-state index in [9.17, 15) is 0 Å². The van der Waals surface area contributed by atoms with Crippen molar-refractivity contribution in [3.8, 4) is 0 Å². The van der Waals surface area contributed by atoms with Gasteiger partial charge in [0.2, 0.25) is 0 Å². The first-order chi connectivity index (χ1) is 0. The molecular formula is H8Cl2CuO4. The summed E-state index contributed by atoms with van der Waals surface area (Å²) in [4.78, 5) is 0. The molecule has 0 aliphatic carbocycles. The van der Waals surface area contributed by atoms with E-state index in [1.165, 1.54) is 0 Å². The van der Waals surface area contributed by atoms with Crippen LogP contribution in [0.3, 0.4) is 0 Å². The topological polar surface area (TPSA) is 126 Å². The molecule has 0 saturated carbocycles. The van der Waals surface area contributed by atoms with E-state index in [1.807, 2.05) is 0 Å². The molecule has 4 nitrogen and oxygen atoms in total. The summed E-state index contributed by atoms with van der Waals surface area (Å²) in [6.07, 6.45) is 0. The molecule has 0 amide bonds. The Balaban J connectivity index is 0. The smallest absolute Gasteiger partial charge is 1.00 e. The van der Waals surface area contributed by atoms with E-state index in [-0.39, 0.29) is 63.8 Å². The molecule has 8 N–H and O–H groups in total. The van der Waals surface area contributed by atoms with Crippen molar-refractivity contribution in [1.82, 2.24) is 0 Å². The first-order valence-electron chi connectivity index (χ1n) is 0. The zero-order chi connectivity index (χ0) is 0. The molecule has 0 aromatic carbocycles. The van der Waals surface area contributed by atoms with E-state index < -0.39 is 0 Å². The van der Waals surface area contributed by atoms with E-state index in [1.54, 1.807) is 0 Å². The molecule has 7 heavy (non-hydrogen) atoms. The Morgan fingerprint density at radius 2 is 0.429 bits per heavy atom. The molecule has 0 aliphatic rings. The van der Waals surface area contributed by atoms with Crippen LogP contribution in [0.4, 0.5) is 0 Å². The van der Waals surface area contributed by atoms with E-state index in [4.69, 9.17) is 0 Å². The average Bonchev–Trinajstić information content (AvgIpc) is 0. The molecule has 57 valence electrons. The van der Waals surface area contributed by atoms with Crippen LogP contribution in [0.2, 0.25) is 0 Å². The van der Waals surface area contributed by atoms with E-state index in [0.29, 0.717) is 0 Å². The number of rotatable bonds is 0. The average molecular weight is 207 g/mol. The zero-order valence-corrected chi connectivity index (χ0v) is 5.51. The third-order valence-electron chi connectivity index (χ3n) is 0.